The maximum atomic E-state index is 13.0. The van der Waals surface area contributed by atoms with Gasteiger partial charge in [0.25, 0.3) is 0 Å². The van der Waals surface area contributed by atoms with Crippen molar-refractivity contribution in [2.75, 3.05) is 35.7 Å². The molecule has 0 N–H and O–H groups in total. The van der Waals surface area contributed by atoms with Crippen LogP contribution in [0.5, 0.6) is 0 Å². The molecule has 25 heavy (non-hydrogen) atoms. The third kappa shape index (κ3) is 3.23. The molecule has 2 aromatic rings. The van der Waals surface area contributed by atoms with Crippen molar-refractivity contribution in [3.8, 4) is 0 Å². The van der Waals surface area contributed by atoms with Gasteiger partial charge in [-0.05, 0) is 43.2 Å². The zero-order chi connectivity index (χ0) is 17.2. The molecule has 0 saturated carbocycles. The van der Waals surface area contributed by atoms with Crippen molar-refractivity contribution in [1.82, 2.24) is 9.97 Å². The van der Waals surface area contributed by atoms with Gasteiger partial charge in [-0.25, -0.2) is 9.97 Å². The molecule has 1 saturated heterocycles. The predicted molar refractivity (Wildman–Crippen MR) is 101 cm³/mol. The Bertz CT molecular complexity index is 774. The van der Waals surface area contributed by atoms with Gasteiger partial charge in [0.15, 0.2) is 5.16 Å². The van der Waals surface area contributed by atoms with E-state index in [-0.39, 0.29) is 11.8 Å². The number of aromatic nitrogens is 2. The monoisotopic (exact) mass is 354 g/mol. The number of carbonyl (C=O) groups is 1. The summed E-state index contributed by atoms with van der Waals surface area (Å²) in [6.45, 7) is 2.56. The Balaban J connectivity index is 1.41. The van der Waals surface area contributed by atoms with Crippen LogP contribution >= 0.6 is 11.8 Å². The van der Waals surface area contributed by atoms with Crippen LogP contribution in [0.4, 0.5) is 11.5 Å². The highest BCUT2D eigenvalue weighted by atomic mass is 32.2. The number of anilines is 2. The van der Waals surface area contributed by atoms with Gasteiger partial charge in [0, 0.05) is 37.4 Å². The smallest absolute Gasteiger partial charge is 0.230 e. The summed E-state index contributed by atoms with van der Waals surface area (Å²) in [5, 5.41) is 0.796. The number of para-hydroxylation sites is 1. The Morgan fingerprint density at radius 2 is 1.96 bits per heavy atom. The topological polar surface area (TPSA) is 49.3 Å². The van der Waals surface area contributed by atoms with Crippen LogP contribution in [0, 0.1) is 5.92 Å². The molecule has 1 fully saturated rings. The van der Waals surface area contributed by atoms with Crippen molar-refractivity contribution < 1.29 is 4.79 Å². The highest BCUT2D eigenvalue weighted by Gasteiger charge is 2.32. The summed E-state index contributed by atoms with van der Waals surface area (Å²) >= 11 is 1.55. The minimum atomic E-state index is 0.115. The lowest BCUT2D eigenvalue weighted by molar-refractivity contribution is -0.122. The molecule has 0 aliphatic carbocycles. The quantitative estimate of drug-likeness (QED) is 0.626. The molecule has 2 aliphatic rings. The molecule has 0 bridgehead atoms. The van der Waals surface area contributed by atoms with Crippen LogP contribution in [0.25, 0.3) is 0 Å². The highest BCUT2D eigenvalue weighted by molar-refractivity contribution is 7.98. The third-order valence-electron chi connectivity index (χ3n) is 5.12. The van der Waals surface area contributed by atoms with Gasteiger partial charge < -0.3 is 9.80 Å². The van der Waals surface area contributed by atoms with Crippen molar-refractivity contribution in [3.63, 3.8) is 0 Å². The first kappa shape index (κ1) is 16.4. The van der Waals surface area contributed by atoms with Crippen LogP contribution in [0.3, 0.4) is 0 Å². The maximum absolute atomic E-state index is 13.0. The molecule has 0 radical (unpaired) electrons. The molecule has 0 unspecified atom stereocenters. The van der Waals surface area contributed by atoms with Crippen LogP contribution < -0.4 is 9.80 Å². The standard InChI is InChI=1S/C19H22N4OS/c1-25-19-20-10-6-17(21-19)22-11-7-15(8-12-22)18(24)23-13-9-14-4-2-3-5-16(14)23/h2-6,10,15H,7-9,11-13H2,1H3. The molecule has 130 valence electrons. The van der Waals surface area contributed by atoms with Crippen LogP contribution in [0.15, 0.2) is 41.7 Å². The van der Waals surface area contributed by atoms with E-state index in [1.165, 1.54) is 5.56 Å². The Morgan fingerprint density at radius 3 is 2.76 bits per heavy atom. The van der Waals surface area contributed by atoms with Crippen molar-refractivity contribution in [1.29, 1.82) is 0 Å². The number of piperidine rings is 1. The Labute approximate surface area is 152 Å². The third-order valence-corrected chi connectivity index (χ3v) is 5.68. The van der Waals surface area contributed by atoms with E-state index in [2.05, 4.69) is 33.1 Å². The summed E-state index contributed by atoms with van der Waals surface area (Å²) in [7, 11) is 0. The number of hydrogen-bond acceptors (Lipinski definition) is 5. The number of amides is 1. The SMILES string of the molecule is CSc1nccc(N2CCC(C(=O)N3CCc4ccccc43)CC2)n1. The molecule has 5 nitrogen and oxygen atoms in total. The van der Waals surface area contributed by atoms with E-state index in [1.54, 1.807) is 11.8 Å². The fourth-order valence-corrected chi connectivity index (χ4v) is 4.10. The highest BCUT2D eigenvalue weighted by Crippen LogP contribution is 2.31. The summed E-state index contributed by atoms with van der Waals surface area (Å²) < 4.78 is 0. The number of carbonyl (C=O) groups excluding carboxylic acids is 1. The Hall–Kier alpha value is -2.08. The van der Waals surface area contributed by atoms with Crippen LogP contribution in [-0.4, -0.2) is 41.8 Å². The van der Waals surface area contributed by atoms with Gasteiger partial charge in [0.1, 0.15) is 5.82 Å². The molecule has 6 heteroatoms. The van der Waals surface area contributed by atoms with Crippen LogP contribution in [0.1, 0.15) is 18.4 Å². The molecule has 1 aromatic carbocycles. The number of thioether (sulfide) groups is 1. The van der Waals surface area contributed by atoms with Gasteiger partial charge in [0.2, 0.25) is 5.91 Å². The van der Waals surface area contributed by atoms with Crippen LogP contribution in [-0.2, 0) is 11.2 Å². The summed E-state index contributed by atoms with van der Waals surface area (Å²) in [5.41, 5.74) is 2.40. The Kier molecular flexibility index (Phi) is 4.61. The summed E-state index contributed by atoms with van der Waals surface area (Å²) in [5.74, 6) is 1.37. The second kappa shape index (κ2) is 7.04. The molecule has 3 heterocycles. The second-order valence-electron chi connectivity index (χ2n) is 6.53. The molecule has 1 amide bonds. The number of nitrogens with zero attached hydrogens (tertiary/aromatic N) is 4. The van der Waals surface area contributed by atoms with E-state index in [4.69, 9.17) is 0 Å². The van der Waals surface area contributed by atoms with E-state index in [0.717, 1.165) is 55.6 Å². The molecule has 0 spiro atoms. The van der Waals surface area contributed by atoms with Gasteiger partial charge in [-0.15, -0.1) is 0 Å². The normalized spacial score (nSPS) is 17.6. The van der Waals surface area contributed by atoms with Crippen molar-refractivity contribution in [2.45, 2.75) is 24.4 Å². The van der Waals surface area contributed by atoms with Gasteiger partial charge in [-0.1, -0.05) is 30.0 Å². The van der Waals surface area contributed by atoms with Gasteiger partial charge in [0.05, 0.1) is 0 Å². The largest absolute Gasteiger partial charge is 0.356 e. The minimum Gasteiger partial charge on any atom is -0.356 e. The van der Waals surface area contributed by atoms with E-state index < -0.39 is 0 Å². The summed E-state index contributed by atoms with van der Waals surface area (Å²) in [6.07, 6.45) is 6.54. The molecular formula is C19H22N4OS. The lowest BCUT2D eigenvalue weighted by Gasteiger charge is -2.34. The molecule has 2 aliphatic heterocycles. The number of rotatable bonds is 3. The summed E-state index contributed by atoms with van der Waals surface area (Å²) in [6, 6.07) is 10.2. The average molecular weight is 354 g/mol. The van der Waals surface area contributed by atoms with Gasteiger partial charge in [-0.2, -0.15) is 0 Å². The fraction of sp³-hybridized carbons (Fsp3) is 0.421. The first-order chi connectivity index (χ1) is 12.3. The zero-order valence-corrected chi connectivity index (χ0v) is 15.2. The molecule has 4 rings (SSSR count). The number of hydrogen-bond donors (Lipinski definition) is 0. The van der Waals surface area contributed by atoms with Crippen LogP contribution in [0.2, 0.25) is 0 Å². The maximum Gasteiger partial charge on any atom is 0.230 e. The molecule has 0 atom stereocenters. The van der Waals surface area contributed by atoms with Crippen molar-refractivity contribution in [3.05, 3.63) is 42.1 Å². The molecule has 1 aromatic heterocycles. The van der Waals surface area contributed by atoms with E-state index >= 15 is 0 Å². The molecular weight excluding hydrogens is 332 g/mol. The lowest BCUT2D eigenvalue weighted by atomic mass is 9.95. The van der Waals surface area contributed by atoms with E-state index in [1.807, 2.05) is 29.5 Å². The first-order valence-electron chi connectivity index (χ1n) is 8.77. The fourth-order valence-electron chi connectivity index (χ4n) is 3.75. The summed E-state index contributed by atoms with van der Waals surface area (Å²) in [4.78, 5) is 26.1. The lowest BCUT2D eigenvalue weighted by Crippen LogP contribution is -2.42. The van der Waals surface area contributed by atoms with Crippen molar-refractivity contribution >= 4 is 29.2 Å². The number of benzene rings is 1. The van der Waals surface area contributed by atoms with E-state index in [0.29, 0.717) is 0 Å². The van der Waals surface area contributed by atoms with Gasteiger partial charge >= 0.3 is 0 Å². The minimum absolute atomic E-state index is 0.115. The Morgan fingerprint density at radius 1 is 1.16 bits per heavy atom. The first-order valence-corrected chi connectivity index (χ1v) is 10.00. The van der Waals surface area contributed by atoms with Gasteiger partial charge in [-0.3, -0.25) is 4.79 Å². The second-order valence-corrected chi connectivity index (χ2v) is 7.30. The van der Waals surface area contributed by atoms with E-state index in [9.17, 15) is 4.79 Å². The predicted octanol–water partition coefficient (Wildman–Crippen LogP) is 3.00. The van der Waals surface area contributed by atoms with Crippen molar-refractivity contribution in [2.24, 2.45) is 5.92 Å². The number of fused-ring (bicyclic) bond motifs is 1. The average Bonchev–Trinajstić information content (AvgIpc) is 3.12. The zero-order valence-electron chi connectivity index (χ0n) is 14.4.